The molecular formula is C16H15ClFNO. The van der Waals surface area contributed by atoms with Crippen molar-refractivity contribution in [1.29, 1.82) is 0 Å². The maximum absolute atomic E-state index is 14.1. The van der Waals surface area contributed by atoms with Gasteiger partial charge in [0.05, 0.1) is 0 Å². The van der Waals surface area contributed by atoms with Crippen LogP contribution in [-0.4, -0.2) is 7.05 Å². The normalized spacial score (nSPS) is 21.1. The molecule has 0 aliphatic carbocycles. The van der Waals surface area contributed by atoms with E-state index in [-0.39, 0.29) is 18.0 Å². The van der Waals surface area contributed by atoms with Crippen molar-refractivity contribution in [3.05, 3.63) is 64.4 Å². The van der Waals surface area contributed by atoms with Crippen molar-refractivity contribution in [3.8, 4) is 5.75 Å². The number of benzene rings is 2. The monoisotopic (exact) mass is 291 g/mol. The fourth-order valence-electron chi connectivity index (χ4n) is 2.64. The van der Waals surface area contributed by atoms with Gasteiger partial charge in [-0.2, -0.15) is 0 Å². The third-order valence-electron chi connectivity index (χ3n) is 3.67. The Hall–Kier alpha value is -1.58. The van der Waals surface area contributed by atoms with Gasteiger partial charge in [-0.05, 0) is 25.2 Å². The van der Waals surface area contributed by atoms with Gasteiger partial charge in [-0.3, -0.25) is 0 Å². The van der Waals surface area contributed by atoms with Crippen LogP contribution in [0.4, 0.5) is 4.39 Å². The molecule has 1 heterocycles. The van der Waals surface area contributed by atoms with Gasteiger partial charge in [-0.1, -0.05) is 35.9 Å². The standard InChI is InChI=1S/C16H15ClFNO/c1-19-14-9-16(11-7-6-10(17)8-13(11)18)20-15-5-3-2-4-12(14)15/h2-8,14,16,19H,9H2,1H3. The van der Waals surface area contributed by atoms with Crippen molar-refractivity contribution in [2.45, 2.75) is 18.6 Å². The van der Waals surface area contributed by atoms with Gasteiger partial charge in [0, 0.05) is 28.6 Å². The van der Waals surface area contributed by atoms with Crippen LogP contribution in [0.5, 0.6) is 5.75 Å². The average Bonchev–Trinajstić information content (AvgIpc) is 2.46. The highest BCUT2D eigenvalue weighted by molar-refractivity contribution is 6.30. The lowest BCUT2D eigenvalue weighted by molar-refractivity contribution is 0.150. The molecule has 2 nitrogen and oxygen atoms in total. The fourth-order valence-corrected chi connectivity index (χ4v) is 2.80. The average molecular weight is 292 g/mol. The molecular weight excluding hydrogens is 277 g/mol. The van der Waals surface area contributed by atoms with Gasteiger partial charge in [0.2, 0.25) is 0 Å². The van der Waals surface area contributed by atoms with Crippen molar-refractivity contribution in [1.82, 2.24) is 5.32 Å². The highest BCUT2D eigenvalue weighted by Crippen LogP contribution is 2.41. The molecule has 2 aromatic rings. The second-order valence-corrected chi connectivity index (χ2v) is 5.32. The Morgan fingerprint density at radius 3 is 2.75 bits per heavy atom. The molecule has 0 fully saturated rings. The Labute approximate surface area is 122 Å². The predicted molar refractivity (Wildman–Crippen MR) is 77.6 cm³/mol. The Morgan fingerprint density at radius 2 is 2.00 bits per heavy atom. The number of halogens is 2. The topological polar surface area (TPSA) is 21.3 Å². The van der Waals surface area contributed by atoms with E-state index in [0.29, 0.717) is 17.0 Å². The Bertz CT molecular complexity index is 632. The van der Waals surface area contributed by atoms with E-state index in [2.05, 4.69) is 5.32 Å². The minimum absolute atomic E-state index is 0.153. The summed E-state index contributed by atoms with van der Waals surface area (Å²) in [5.74, 6) is 0.481. The van der Waals surface area contributed by atoms with Gasteiger partial charge in [-0.15, -0.1) is 0 Å². The Kier molecular flexibility index (Phi) is 3.64. The maximum Gasteiger partial charge on any atom is 0.131 e. The summed E-state index contributed by atoms with van der Waals surface area (Å²) in [6, 6.07) is 12.7. The summed E-state index contributed by atoms with van der Waals surface area (Å²) in [4.78, 5) is 0. The van der Waals surface area contributed by atoms with Crippen LogP contribution >= 0.6 is 11.6 Å². The first-order chi connectivity index (χ1) is 9.69. The van der Waals surface area contributed by atoms with Crippen molar-refractivity contribution in [3.63, 3.8) is 0 Å². The molecule has 20 heavy (non-hydrogen) atoms. The van der Waals surface area contributed by atoms with Gasteiger partial charge in [0.1, 0.15) is 17.7 Å². The predicted octanol–water partition coefficient (Wildman–Crippen LogP) is 4.26. The molecule has 0 aromatic heterocycles. The fraction of sp³-hybridized carbons (Fsp3) is 0.250. The number of hydrogen-bond donors (Lipinski definition) is 1. The van der Waals surface area contributed by atoms with Crippen LogP contribution < -0.4 is 10.1 Å². The highest BCUT2D eigenvalue weighted by atomic mass is 35.5. The number of para-hydroxylation sites is 1. The van der Waals surface area contributed by atoms with E-state index in [0.717, 1.165) is 11.3 Å². The van der Waals surface area contributed by atoms with Gasteiger partial charge < -0.3 is 10.1 Å². The van der Waals surface area contributed by atoms with Crippen molar-refractivity contribution < 1.29 is 9.13 Å². The van der Waals surface area contributed by atoms with Crippen LogP contribution in [0.3, 0.4) is 0 Å². The molecule has 1 N–H and O–H groups in total. The first-order valence-electron chi connectivity index (χ1n) is 6.57. The lowest BCUT2D eigenvalue weighted by Crippen LogP contribution is -2.27. The summed E-state index contributed by atoms with van der Waals surface area (Å²) in [5.41, 5.74) is 1.66. The zero-order chi connectivity index (χ0) is 14.1. The molecule has 0 saturated heterocycles. The maximum atomic E-state index is 14.1. The molecule has 0 bridgehead atoms. The van der Waals surface area contributed by atoms with Crippen molar-refractivity contribution in [2.24, 2.45) is 0 Å². The molecule has 0 spiro atoms. The Morgan fingerprint density at radius 1 is 1.20 bits per heavy atom. The van der Waals surface area contributed by atoms with Crippen LogP contribution in [0.15, 0.2) is 42.5 Å². The number of nitrogens with one attached hydrogen (secondary N) is 1. The van der Waals surface area contributed by atoms with Crippen molar-refractivity contribution >= 4 is 11.6 Å². The molecule has 4 heteroatoms. The van der Waals surface area contributed by atoms with Gasteiger partial charge in [-0.25, -0.2) is 4.39 Å². The van der Waals surface area contributed by atoms with E-state index in [4.69, 9.17) is 16.3 Å². The summed E-state index contributed by atoms with van der Waals surface area (Å²) in [7, 11) is 1.90. The smallest absolute Gasteiger partial charge is 0.131 e. The van der Waals surface area contributed by atoms with E-state index >= 15 is 0 Å². The number of rotatable bonds is 2. The summed E-state index contributed by atoms with van der Waals surface area (Å²) < 4.78 is 20.0. The van der Waals surface area contributed by atoms with Crippen LogP contribution in [0.1, 0.15) is 29.7 Å². The molecule has 2 aromatic carbocycles. The van der Waals surface area contributed by atoms with Gasteiger partial charge in [0.15, 0.2) is 0 Å². The van der Waals surface area contributed by atoms with Crippen LogP contribution in [0.25, 0.3) is 0 Å². The SMILES string of the molecule is CNC1CC(c2ccc(Cl)cc2F)Oc2ccccc21. The zero-order valence-electron chi connectivity index (χ0n) is 11.1. The molecule has 104 valence electrons. The highest BCUT2D eigenvalue weighted by Gasteiger charge is 2.29. The van der Waals surface area contributed by atoms with Crippen molar-refractivity contribution in [2.75, 3.05) is 7.05 Å². The first-order valence-corrected chi connectivity index (χ1v) is 6.94. The third kappa shape index (κ3) is 2.39. The molecule has 2 unspecified atom stereocenters. The quantitative estimate of drug-likeness (QED) is 0.892. The molecule has 3 rings (SSSR count). The number of fused-ring (bicyclic) bond motifs is 1. The molecule has 0 radical (unpaired) electrons. The molecule has 1 aliphatic rings. The minimum atomic E-state index is -0.322. The molecule has 0 saturated carbocycles. The number of ether oxygens (including phenoxy) is 1. The van der Waals surface area contributed by atoms with E-state index in [1.807, 2.05) is 31.3 Å². The van der Waals surface area contributed by atoms with E-state index < -0.39 is 0 Å². The summed E-state index contributed by atoms with van der Waals surface area (Å²) in [6.45, 7) is 0. The van der Waals surface area contributed by atoms with Gasteiger partial charge in [0.25, 0.3) is 0 Å². The van der Waals surface area contributed by atoms with Crippen LogP contribution in [-0.2, 0) is 0 Å². The van der Waals surface area contributed by atoms with Gasteiger partial charge >= 0.3 is 0 Å². The second-order valence-electron chi connectivity index (χ2n) is 4.89. The third-order valence-corrected chi connectivity index (χ3v) is 3.91. The minimum Gasteiger partial charge on any atom is -0.485 e. The lowest BCUT2D eigenvalue weighted by atomic mass is 9.93. The van der Waals surface area contributed by atoms with Crippen LogP contribution in [0, 0.1) is 5.82 Å². The molecule has 0 amide bonds. The summed E-state index contributed by atoms with van der Waals surface area (Å²) in [6.07, 6.45) is 0.381. The summed E-state index contributed by atoms with van der Waals surface area (Å²) in [5, 5.41) is 3.66. The zero-order valence-corrected chi connectivity index (χ0v) is 11.8. The molecule has 2 atom stereocenters. The molecule has 1 aliphatic heterocycles. The largest absolute Gasteiger partial charge is 0.485 e. The number of hydrogen-bond acceptors (Lipinski definition) is 2. The Balaban J connectivity index is 1.97. The van der Waals surface area contributed by atoms with E-state index in [9.17, 15) is 4.39 Å². The first kappa shape index (κ1) is 13.4. The lowest BCUT2D eigenvalue weighted by Gasteiger charge is -2.32. The summed E-state index contributed by atoms with van der Waals surface area (Å²) >= 11 is 5.80. The van der Waals surface area contributed by atoms with E-state index in [1.165, 1.54) is 6.07 Å². The second kappa shape index (κ2) is 5.43. The van der Waals surface area contributed by atoms with E-state index in [1.54, 1.807) is 12.1 Å². The van der Waals surface area contributed by atoms with Crippen LogP contribution in [0.2, 0.25) is 5.02 Å².